The Balaban J connectivity index is 1.90. The minimum Gasteiger partial charge on any atom is -0.497 e. The van der Waals surface area contributed by atoms with E-state index in [0.29, 0.717) is 35.8 Å². The second kappa shape index (κ2) is 9.44. The van der Waals surface area contributed by atoms with Crippen LogP contribution in [0.3, 0.4) is 0 Å². The van der Waals surface area contributed by atoms with Crippen LogP contribution >= 0.6 is 11.5 Å². The Morgan fingerprint density at radius 2 is 1.73 bits per heavy atom. The monoisotopic (exact) mass is 511 g/mol. The van der Waals surface area contributed by atoms with E-state index >= 15 is 0 Å². The number of nitrogens with one attached hydrogen (secondary N) is 1. The molecule has 0 radical (unpaired) electrons. The van der Waals surface area contributed by atoms with Crippen LogP contribution in [0.25, 0.3) is 0 Å². The number of aromatic nitrogens is 2. The van der Waals surface area contributed by atoms with Crippen molar-refractivity contribution in [2.75, 3.05) is 18.9 Å². The number of nitrogens with zero attached hydrogens (tertiary/aromatic N) is 2. The first-order chi connectivity index (χ1) is 15.4. The Morgan fingerprint density at radius 1 is 1.03 bits per heavy atom. The Kier molecular flexibility index (Phi) is 7.04. The lowest BCUT2D eigenvalue weighted by Crippen LogP contribution is -2.15. The molecule has 0 saturated heterocycles. The van der Waals surface area contributed by atoms with Crippen molar-refractivity contribution in [2.45, 2.75) is 17.7 Å². The van der Waals surface area contributed by atoms with Crippen molar-refractivity contribution >= 4 is 26.7 Å². The Bertz CT molecular complexity index is 1260. The first kappa shape index (κ1) is 24.6. The number of methoxy groups -OCH3 is 2. The third kappa shape index (κ3) is 5.85. The van der Waals surface area contributed by atoms with E-state index in [2.05, 4.69) is 9.36 Å². The van der Waals surface area contributed by atoms with Gasteiger partial charge in [0.25, 0.3) is 10.0 Å². The first-order valence-electron chi connectivity index (χ1n) is 8.70. The number of hydrogen-bond acceptors (Lipinski definition) is 8. The minimum absolute atomic E-state index is 0.00752. The summed E-state index contributed by atoms with van der Waals surface area (Å²) in [5.74, 6) is -4.18. The average molecular weight is 511 g/mol. The largest absolute Gasteiger partial charge is 0.497 e. The maximum atomic E-state index is 14.5. The molecule has 0 amide bonds. The maximum Gasteiger partial charge on any atom is 0.416 e. The third-order valence-electron chi connectivity index (χ3n) is 3.91. The van der Waals surface area contributed by atoms with Gasteiger partial charge in [-0.1, -0.05) is 0 Å². The molecule has 2 aromatic carbocycles. The van der Waals surface area contributed by atoms with E-state index in [9.17, 15) is 30.4 Å². The van der Waals surface area contributed by atoms with Gasteiger partial charge in [-0.05, 0) is 12.1 Å². The van der Waals surface area contributed by atoms with Crippen LogP contribution < -0.4 is 14.2 Å². The number of alkyl halides is 3. The van der Waals surface area contributed by atoms with Crippen molar-refractivity contribution in [3.8, 4) is 17.2 Å². The second-order valence-corrected chi connectivity index (χ2v) is 8.67. The summed E-state index contributed by atoms with van der Waals surface area (Å²) in [4.78, 5) is 2.76. The van der Waals surface area contributed by atoms with Gasteiger partial charge in [0.15, 0.2) is 17.4 Å². The van der Waals surface area contributed by atoms with Crippen molar-refractivity contribution in [1.29, 1.82) is 0 Å². The van der Waals surface area contributed by atoms with Crippen molar-refractivity contribution in [3.05, 3.63) is 53.4 Å². The van der Waals surface area contributed by atoms with E-state index < -0.39 is 49.8 Å². The minimum atomic E-state index is -4.76. The standard InChI is InChI=1S/C18H14F5N3O5S2/c1-29-8-16-24-17(32-25-16)26-33(27,28)15-7-12(19)14(6-13(15)20)31-11-4-9(18(21,22)23)3-10(5-11)30-2/h3-7H,8H2,1-2H3,(H,24,25,26). The molecule has 1 heterocycles. The number of benzene rings is 2. The number of ether oxygens (including phenoxy) is 3. The Labute approximate surface area is 188 Å². The summed E-state index contributed by atoms with van der Waals surface area (Å²) in [7, 11) is -2.13. The summed E-state index contributed by atoms with van der Waals surface area (Å²) in [5.41, 5.74) is -1.15. The zero-order valence-corrected chi connectivity index (χ0v) is 18.4. The highest BCUT2D eigenvalue weighted by atomic mass is 32.2. The first-order valence-corrected chi connectivity index (χ1v) is 11.0. The molecular weight excluding hydrogens is 497 g/mol. The van der Waals surface area contributed by atoms with Crippen LogP contribution in [0.4, 0.5) is 27.1 Å². The molecule has 8 nitrogen and oxygen atoms in total. The summed E-state index contributed by atoms with van der Waals surface area (Å²) in [6, 6.07) is 2.99. The molecule has 3 rings (SSSR count). The van der Waals surface area contributed by atoms with Crippen LogP contribution in [0.1, 0.15) is 11.4 Å². The van der Waals surface area contributed by atoms with Crippen molar-refractivity contribution in [2.24, 2.45) is 0 Å². The fraction of sp³-hybridized carbons (Fsp3) is 0.222. The summed E-state index contributed by atoms with van der Waals surface area (Å²) in [6.07, 6.45) is -4.76. The van der Waals surface area contributed by atoms with Gasteiger partial charge in [-0.2, -0.15) is 17.5 Å². The summed E-state index contributed by atoms with van der Waals surface area (Å²) < 4.78 is 114. The van der Waals surface area contributed by atoms with E-state index in [1.807, 2.05) is 4.72 Å². The molecule has 0 atom stereocenters. The van der Waals surface area contributed by atoms with Gasteiger partial charge in [0.05, 0.1) is 12.7 Å². The molecule has 0 aliphatic carbocycles. The fourth-order valence-electron chi connectivity index (χ4n) is 2.49. The number of hydrogen-bond donors (Lipinski definition) is 1. The van der Waals surface area contributed by atoms with Crippen molar-refractivity contribution < 1.29 is 44.6 Å². The molecular formula is C18H14F5N3O5S2. The topological polar surface area (TPSA) is 99.6 Å². The highest BCUT2D eigenvalue weighted by Crippen LogP contribution is 2.37. The molecule has 0 saturated carbocycles. The quantitative estimate of drug-likeness (QED) is 0.442. The molecule has 0 bridgehead atoms. The highest BCUT2D eigenvalue weighted by molar-refractivity contribution is 7.93. The molecule has 1 N–H and O–H groups in total. The molecule has 0 fully saturated rings. The molecule has 0 unspecified atom stereocenters. The maximum absolute atomic E-state index is 14.5. The van der Waals surface area contributed by atoms with Crippen LogP contribution in [-0.4, -0.2) is 32.0 Å². The molecule has 0 aliphatic heterocycles. The van der Waals surface area contributed by atoms with E-state index in [1.54, 1.807) is 0 Å². The predicted molar refractivity (Wildman–Crippen MR) is 106 cm³/mol. The Hall–Kier alpha value is -3.04. The molecule has 33 heavy (non-hydrogen) atoms. The lowest BCUT2D eigenvalue weighted by atomic mass is 10.2. The van der Waals surface area contributed by atoms with Gasteiger partial charge >= 0.3 is 6.18 Å². The van der Waals surface area contributed by atoms with Gasteiger partial charge in [-0.15, -0.1) is 0 Å². The van der Waals surface area contributed by atoms with Crippen LogP contribution in [-0.2, 0) is 27.5 Å². The van der Waals surface area contributed by atoms with Gasteiger partial charge in [0.2, 0.25) is 5.13 Å². The SMILES string of the molecule is COCc1nsc(NS(=O)(=O)c2cc(F)c(Oc3cc(OC)cc(C(F)(F)F)c3)cc2F)n1. The zero-order chi connectivity index (χ0) is 24.4. The van der Waals surface area contributed by atoms with Crippen molar-refractivity contribution in [3.63, 3.8) is 0 Å². The van der Waals surface area contributed by atoms with E-state index in [4.69, 9.17) is 14.2 Å². The lowest BCUT2D eigenvalue weighted by molar-refractivity contribution is -0.137. The van der Waals surface area contributed by atoms with Gasteiger partial charge in [0, 0.05) is 36.8 Å². The van der Waals surface area contributed by atoms with Gasteiger partial charge in [-0.3, -0.25) is 4.72 Å². The fourth-order valence-corrected chi connectivity index (χ4v) is 4.36. The van der Waals surface area contributed by atoms with Gasteiger partial charge in [-0.25, -0.2) is 22.2 Å². The van der Waals surface area contributed by atoms with Crippen LogP contribution in [0.2, 0.25) is 0 Å². The van der Waals surface area contributed by atoms with Gasteiger partial charge < -0.3 is 14.2 Å². The van der Waals surface area contributed by atoms with E-state index in [1.165, 1.54) is 7.11 Å². The average Bonchev–Trinajstić information content (AvgIpc) is 3.15. The van der Waals surface area contributed by atoms with Crippen LogP contribution in [0.5, 0.6) is 17.2 Å². The molecule has 0 aliphatic rings. The second-order valence-electron chi connectivity index (χ2n) is 6.26. The molecule has 3 aromatic rings. The van der Waals surface area contributed by atoms with E-state index in [-0.39, 0.29) is 23.3 Å². The zero-order valence-electron chi connectivity index (χ0n) is 16.7. The predicted octanol–water partition coefficient (Wildman–Crippen LogP) is 4.58. The van der Waals surface area contributed by atoms with Gasteiger partial charge in [0.1, 0.15) is 28.8 Å². The number of rotatable bonds is 8. The van der Waals surface area contributed by atoms with Crippen molar-refractivity contribution in [1.82, 2.24) is 9.36 Å². The molecule has 0 spiro atoms. The Morgan fingerprint density at radius 3 is 2.36 bits per heavy atom. The number of halogens is 5. The summed E-state index contributed by atoms with van der Waals surface area (Å²) >= 11 is 0.657. The van der Waals surface area contributed by atoms with E-state index in [0.717, 1.165) is 13.2 Å². The smallest absolute Gasteiger partial charge is 0.416 e. The number of anilines is 1. The normalized spacial score (nSPS) is 12.0. The summed E-state index contributed by atoms with van der Waals surface area (Å²) in [5, 5.41) is -0.210. The van der Waals surface area contributed by atoms with Crippen LogP contribution in [0, 0.1) is 11.6 Å². The number of sulfonamides is 1. The summed E-state index contributed by atoms with van der Waals surface area (Å²) in [6.45, 7) is 0.00752. The molecule has 178 valence electrons. The highest BCUT2D eigenvalue weighted by Gasteiger charge is 2.32. The molecule has 1 aromatic heterocycles. The van der Waals surface area contributed by atoms with Crippen LogP contribution in [0.15, 0.2) is 35.2 Å². The third-order valence-corrected chi connectivity index (χ3v) is 6.06. The lowest BCUT2D eigenvalue weighted by Gasteiger charge is -2.14. The molecule has 15 heteroatoms.